The maximum Gasteiger partial charge on any atom is 0.200 e. The van der Waals surface area contributed by atoms with Crippen LogP contribution in [0.3, 0.4) is 0 Å². The molecule has 0 N–H and O–H groups in total. The zero-order chi connectivity index (χ0) is 49.1. The molecule has 0 amide bonds. The highest BCUT2D eigenvalue weighted by molar-refractivity contribution is 7.20. The molecule has 66 heavy (non-hydrogen) atoms. The van der Waals surface area contributed by atoms with E-state index in [1.807, 2.05) is 12.4 Å². The van der Waals surface area contributed by atoms with Crippen LogP contribution in [0.5, 0.6) is 0 Å². The van der Waals surface area contributed by atoms with Crippen LogP contribution >= 0.6 is 0 Å². The van der Waals surface area contributed by atoms with Crippen molar-refractivity contribution in [1.82, 2.24) is 4.98 Å². The fourth-order valence-corrected chi connectivity index (χ4v) is 7.52. The molecule has 0 spiro atoms. The smallest absolute Gasteiger partial charge is 0.200 e. The van der Waals surface area contributed by atoms with E-state index in [9.17, 15) is 52.7 Å². The van der Waals surface area contributed by atoms with Crippen LogP contribution in [-0.2, 0) is 13.0 Å². The summed E-state index contributed by atoms with van der Waals surface area (Å²) < 4.78 is 296. The predicted octanol–water partition coefficient (Wildman–Crippen LogP) is 10.2. The number of hydrogen-bond acceptors (Lipinski definition) is 1. The number of unbranched alkanes of at least 4 members (excludes halogenated alkanes) is 5. The minimum atomic E-state index is -7.22. The highest BCUT2D eigenvalue weighted by Crippen LogP contribution is 2.31. The van der Waals surface area contributed by atoms with Gasteiger partial charge in [0, 0.05) is 12.0 Å². The van der Waals surface area contributed by atoms with Gasteiger partial charge in [-0.15, -0.1) is 21.9 Å². The van der Waals surface area contributed by atoms with Gasteiger partial charge in [-0.25, -0.2) is 87.8 Å². The molecule has 1 aromatic heterocycles. The van der Waals surface area contributed by atoms with E-state index in [4.69, 9.17) is 0 Å². The minimum absolute atomic E-state index is 0.939. The second kappa shape index (κ2) is 20.6. The third kappa shape index (κ3) is 8.91. The zero-order valence-corrected chi connectivity index (χ0v) is 33.3. The van der Waals surface area contributed by atoms with Crippen molar-refractivity contribution in [2.75, 3.05) is 0 Å². The van der Waals surface area contributed by atoms with Crippen molar-refractivity contribution >= 4 is 28.0 Å². The Bertz CT molecular complexity index is 2400. The number of nitrogens with zero attached hydrogens (tertiary/aromatic N) is 2. The number of aryl methyl sites for hydroxylation is 1. The van der Waals surface area contributed by atoms with Crippen molar-refractivity contribution in [3.05, 3.63) is 177 Å². The summed E-state index contributed by atoms with van der Waals surface area (Å²) in [6.07, 6.45) is 7.96. The summed E-state index contributed by atoms with van der Waals surface area (Å²) in [5.74, 6) is -71.4. The maximum absolute atomic E-state index is 15.4. The number of hydrogen-bond donors (Lipinski definition) is 0. The first-order valence-electron chi connectivity index (χ1n) is 19.2. The molecule has 6 rings (SSSR count). The monoisotopic (exact) mass is 962 g/mol. The fraction of sp³-hybridized carbons (Fsp3) is 0.209. The fourth-order valence-electron chi connectivity index (χ4n) is 7.52. The molecule has 5 aromatic carbocycles. The van der Waals surface area contributed by atoms with Crippen molar-refractivity contribution in [1.29, 1.82) is 0 Å². The van der Waals surface area contributed by atoms with Gasteiger partial charge in [0.2, 0.25) is 0 Å². The third-order valence-corrected chi connectivity index (χ3v) is 10.6. The van der Waals surface area contributed by atoms with Crippen molar-refractivity contribution in [2.45, 2.75) is 58.4 Å². The Morgan fingerprint density at radius 2 is 0.697 bits per heavy atom. The molecule has 0 saturated carbocycles. The minimum Gasteiger partial charge on any atom is -0.252 e. The van der Waals surface area contributed by atoms with Crippen molar-refractivity contribution in [3.8, 4) is 0 Å². The van der Waals surface area contributed by atoms with Crippen molar-refractivity contribution < 1.29 is 92.4 Å². The number of aromatic nitrogens is 2. The lowest BCUT2D eigenvalue weighted by Gasteiger charge is -2.44. The maximum atomic E-state index is 15.4. The van der Waals surface area contributed by atoms with Gasteiger partial charge in [0.25, 0.3) is 0 Å². The van der Waals surface area contributed by atoms with Crippen LogP contribution in [0.1, 0.15) is 56.7 Å². The number of rotatable bonds is 13. The number of benzene rings is 5. The van der Waals surface area contributed by atoms with Crippen LogP contribution in [0.4, 0.5) is 87.8 Å². The Balaban J connectivity index is 0.000000324. The molecule has 0 radical (unpaired) electrons. The van der Waals surface area contributed by atoms with Gasteiger partial charge in [0.05, 0.1) is 12.4 Å². The SMILES string of the molecule is CCCCCCCCc1cncc[n+]1Cc1ccccc1.Fc1c(F)c(F)c([B-](c2c(F)c(F)c(F)c(F)c2F)(c2c(F)c(F)c(F)c(F)c2F)c2c(F)c(F)c(F)c(F)c2F)c(F)c1F. The molecule has 23 heteroatoms. The Morgan fingerprint density at radius 3 is 1.03 bits per heavy atom. The van der Waals surface area contributed by atoms with Crippen LogP contribution in [0.25, 0.3) is 0 Å². The van der Waals surface area contributed by atoms with E-state index >= 15 is 35.1 Å². The van der Waals surface area contributed by atoms with E-state index in [2.05, 4.69) is 53.0 Å². The normalized spacial score (nSPS) is 11.6. The largest absolute Gasteiger partial charge is 0.252 e. The van der Waals surface area contributed by atoms with E-state index in [0.29, 0.717) is 0 Å². The molecule has 0 atom stereocenters. The van der Waals surface area contributed by atoms with Gasteiger partial charge in [0.1, 0.15) is 52.7 Å². The summed E-state index contributed by atoms with van der Waals surface area (Å²) in [6, 6.07) is 10.6. The average Bonchev–Trinajstić information content (AvgIpc) is 3.31. The summed E-state index contributed by atoms with van der Waals surface area (Å²) >= 11 is 0. The summed E-state index contributed by atoms with van der Waals surface area (Å²) in [5.41, 5.74) is -11.6. The molecular formula is C43H27BF20N2. The van der Waals surface area contributed by atoms with Crippen LogP contribution in [-0.4, -0.2) is 11.1 Å². The summed E-state index contributed by atoms with van der Waals surface area (Å²) in [7, 11) is 0. The molecule has 2 nitrogen and oxygen atoms in total. The van der Waals surface area contributed by atoms with Gasteiger partial charge in [-0.2, -0.15) is 4.57 Å². The van der Waals surface area contributed by atoms with Crippen molar-refractivity contribution in [2.24, 2.45) is 0 Å². The van der Waals surface area contributed by atoms with E-state index in [1.165, 1.54) is 49.8 Å². The molecular weight excluding hydrogens is 935 g/mol. The molecule has 352 valence electrons. The second-order valence-electron chi connectivity index (χ2n) is 14.5. The molecule has 0 aliphatic rings. The van der Waals surface area contributed by atoms with Crippen LogP contribution in [0, 0.1) is 116 Å². The van der Waals surface area contributed by atoms with Gasteiger partial charge in [0.15, 0.2) is 88.2 Å². The van der Waals surface area contributed by atoms with Crippen LogP contribution in [0.2, 0.25) is 0 Å². The number of halogens is 20. The first kappa shape index (κ1) is 50.8. The highest BCUT2D eigenvalue weighted by Gasteiger charge is 2.52. The topological polar surface area (TPSA) is 16.8 Å². The Labute approximate surface area is 360 Å². The molecule has 0 fully saturated rings. The zero-order valence-electron chi connectivity index (χ0n) is 33.3. The van der Waals surface area contributed by atoms with Gasteiger partial charge in [-0.1, -0.05) is 69.4 Å². The van der Waals surface area contributed by atoms with E-state index < -0.39 is 144 Å². The molecule has 0 saturated heterocycles. The van der Waals surface area contributed by atoms with Gasteiger partial charge in [-0.3, -0.25) is 4.98 Å². The molecule has 1 heterocycles. The van der Waals surface area contributed by atoms with Gasteiger partial charge in [-0.05, 0) is 6.42 Å². The molecule has 0 aliphatic heterocycles. The van der Waals surface area contributed by atoms with Crippen LogP contribution < -0.4 is 26.4 Å². The van der Waals surface area contributed by atoms with E-state index in [0.717, 1.165) is 13.0 Å². The van der Waals surface area contributed by atoms with E-state index in [1.54, 1.807) is 0 Å². The Morgan fingerprint density at radius 1 is 0.394 bits per heavy atom. The second-order valence-corrected chi connectivity index (χ2v) is 14.5. The standard InChI is InChI=1S/C24BF20.C19H27N2/c26-5-1(6(27)14(35)21(42)13(5)34)25(2-7(28)15(36)22(43)16(37)8(2)29,3-9(30)17(38)23(44)18(39)10(3)31)4-11(32)19(40)24(45)20(41)12(4)33;1-2-3-4-5-6-10-13-19-16-20-14-15-21(19)17-18-11-8-7-9-12-18/h;7-9,11-12,14-16H,2-6,10,13,17H2,1H3/q-1;+1. The molecule has 6 aromatic rings. The Kier molecular flexibility index (Phi) is 15.8. The average molecular weight is 962 g/mol. The van der Waals surface area contributed by atoms with Crippen LogP contribution in [0.15, 0.2) is 48.9 Å². The van der Waals surface area contributed by atoms with E-state index in [-0.39, 0.29) is 0 Å². The first-order chi connectivity index (χ1) is 31.1. The van der Waals surface area contributed by atoms with Gasteiger partial charge < -0.3 is 0 Å². The van der Waals surface area contributed by atoms with Crippen molar-refractivity contribution in [3.63, 3.8) is 0 Å². The Hall–Kier alpha value is -6.16. The third-order valence-electron chi connectivity index (χ3n) is 10.6. The first-order valence-corrected chi connectivity index (χ1v) is 19.2. The summed E-state index contributed by atoms with van der Waals surface area (Å²) in [4.78, 5) is 4.29. The molecule has 0 unspecified atom stereocenters. The lowest BCUT2D eigenvalue weighted by atomic mass is 9.12. The molecule has 0 bridgehead atoms. The quantitative estimate of drug-likeness (QED) is 0.0282. The summed E-state index contributed by atoms with van der Waals surface area (Å²) in [5, 5.41) is 0. The molecule has 0 aliphatic carbocycles. The highest BCUT2D eigenvalue weighted by atomic mass is 19.2. The lowest BCUT2D eigenvalue weighted by Crippen LogP contribution is -2.81. The van der Waals surface area contributed by atoms with Gasteiger partial charge >= 0.3 is 0 Å². The summed E-state index contributed by atoms with van der Waals surface area (Å²) in [6.45, 7) is 3.21. The predicted molar refractivity (Wildman–Crippen MR) is 196 cm³/mol. The lowest BCUT2D eigenvalue weighted by molar-refractivity contribution is -0.696.